The third-order valence-electron chi connectivity index (χ3n) is 25.0. The molecule has 0 radical (unpaired) electrons. The van der Waals surface area contributed by atoms with Gasteiger partial charge in [-0.1, -0.05) is 53.2 Å². The molecule has 11 rings (SSSR count). The minimum absolute atomic E-state index is 0.0800. The highest BCUT2D eigenvalue weighted by atomic mass is 16.8. The first-order chi connectivity index (χ1) is 44.7. The first kappa shape index (κ1) is 74.2. The van der Waals surface area contributed by atoms with Crippen LogP contribution in [0.15, 0.2) is 11.6 Å². The van der Waals surface area contributed by atoms with Gasteiger partial charge in [0, 0.05) is 5.41 Å². The van der Waals surface area contributed by atoms with Crippen LogP contribution < -0.4 is 0 Å². The normalized spacial score (nSPS) is 54.8. The number of carbonyl (C=O) groups is 1. The third-order valence-corrected chi connectivity index (χ3v) is 25.0. The lowest BCUT2D eigenvalue weighted by molar-refractivity contribution is -0.390. The van der Waals surface area contributed by atoms with Crippen LogP contribution in [0.5, 0.6) is 0 Å². The summed E-state index contributed by atoms with van der Waals surface area (Å²) in [6, 6.07) is 0. The van der Waals surface area contributed by atoms with E-state index in [0.29, 0.717) is 57.8 Å². The first-order valence-corrected chi connectivity index (χ1v) is 33.7. The molecule has 18 N–H and O–H groups in total. The summed E-state index contributed by atoms with van der Waals surface area (Å²) < 4.78 is 71.2. The van der Waals surface area contributed by atoms with Crippen LogP contribution in [0.25, 0.3) is 0 Å². The Bertz CT molecular complexity index is 2660. The molecule has 0 aromatic rings. The molecule has 546 valence electrons. The number of rotatable bonds is 16. The van der Waals surface area contributed by atoms with Gasteiger partial charge in [0.1, 0.15) is 128 Å². The quantitative estimate of drug-likeness (QED) is 0.0390. The van der Waals surface area contributed by atoms with E-state index in [1.807, 2.05) is 6.92 Å². The van der Waals surface area contributed by atoms with Gasteiger partial charge in [-0.25, -0.2) is 0 Å². The zero-order valence-electron chi connectivity index (χ0n) is 54.7. The summed E-state index contributed by atoms with van der Waals surface area (Å²) in [5, 5.41) is 195. The van der Waals surface area contributed by atoms with Gasteiger partial charge in [-0.15, -0.1) is 0 Å². The Morgan fingerprint density at radius 2 is 1.04 bits per heavy atom. The van der Waals surface area contributed by atoms with Crippen molar-refractivity contribution in [1.82, 2.24) is 0 Å². The summed E-state index contributed by atoms with van der Waals surface area (Å²) in [5.41, 5.74) is -2.03. The maximum atomic E-state index is 15.1. The van der Waals surface area contributed by atoms with Gasteiger partial charge in [-0.3, -0.25) is 4.79 Å². The Morgan fingerprint density at radius 1 is 0.495 bits per heavy atom. The van der Waals surface area contributed by atoms with Crippen LogP contribution >= 0.6 is 0 Å². The summed E-state index contributed by atoms with van der Waals surface area (Å²) >= 11 is 0. The molecule has 6 aliphatic heterocycles. The molecule has 6 heterocycles. The smallest absolute Gasteiger partial charge is 0.315 e. The molecule has 0 aromatic carbocycles. The number of fused-ring (bicyclic) bond motifs is 7. The lowest BCUT2D eigenvalue weighted by atomic mass is 9.33. The van der Waals surface area contributed by atoms with Crippen molar-refractivity contribution in [2.75, 3.05) is 39.6 Å². The van der Waals surface area contributed by atoms with Gasteiger partial charge in [-0.2, -0.15) is 0 Å². The number of hydrogen-bond donors (Lipinski definition) is 18. The lowest BCUT2D eigenvalue weighted by Crippen LogP contribution is -2.67. The minimum atomic E-state index is -2.05. The summed E-state index contributed by atoms with van der Waals surface area (Å²) in [7, 11) is 0. The molecule has 5 aliphatic carbocycles. The molecule has 31 nitrogen and oxygen atoms in total. The number of esters is 1. The SMILES string of the molecule is C[C@@H]1O[C@@H](O[C@H]2[C@H](O[C@H]3CC[C@@]4(C)[C@@H](CC[C@]5(C)[C@@H]4CC=C4[C@@H]6CC(C)(C)CC[C@]6(C(=O)O[C@@H]6OC[C@@H](O[C@@H]7O[C@H](CO)[C@@H](O)[C@H](O)[C@H]7O)[C@H](O)[C@H]6O)CC[C@]45C)[C@]3(C)CO)OC[C@@H](O)[C@@H]2O)[C@H](O)[C@H](O[C@@H]2O[C@H](CO)[C@@H](O[C@@H]3O[C@H](CO)[C@@H](O)[C@H](O)[C@H]3O)[C@H](O)[C@H]2O)[C@H]1O. The molecule has 0 aromatic heterocycles. The van der Waals surface area contributed by atoms with Crippen LogP contribution in [0.1, 0.15) is 113 Å². The fourth-order valence-electron chi connectivity index (χ4n) is 18.8. The van der Waals surface area contributed by atoms with E-state index in [1.165, 1.54) is 12.5 Å². The van der Waals surface area contributed by atoms with E-state index in [1.54, 1.807) is 0 Å². The molecular formula is C64H104O31. The number of aliphatic hydroxyl groups is 18. The van der Waals surface area contributed by atoms with Crippen LogP contribution in [0.4, 0.5) is 0 Å². The Balaban J connectivity index is 0.765. The fourth-order valence-corrected chi connectivity index (χ4v) is 18.8. The average Bonchev–Trinajstić information content (AvgIpc) is 0.674. The number of allylic oxidation sites excluding steroid dienone is 2. The molecule has 0 spiro atoms. The minimum Gasteiger partial charge on any atom is -0.432 e. The number of ether oxygens (including phenoxy) is 12. The van der Waals surface area contributed by atoms with Crippen molar-refractivity contribution in [2.24, 2.45) is 50.2 Å². The van der Waals surface area contributed by atoms with Gasteiger partial charge in [0.15, 0.2) is 31.5 Å². The van der Waals surface area contributed by atoms with Gasteiger partial charge >= 0.3 is 5.97 Å². The summed E-state index contributed by atoms with van der Waals surface area (Å²) in [6.07, 6.45) is -39.3. The largest absolute Gasteiger partial charge is 0.432 e. The van der Waals surface area contributed by atoms with Gasteiger partial charge in [0.05, 0.1) is 57.3 Å². The van der Waals surface area contributed by atoms with Crippen LogP contribution in [0.3, 0.4) is 0 Å². The summed E-state index contributed by atoms with van der Waals surface area (Å²) in [4.78, 5) is 15.1. The van der Waals surface area contributed by atoms with E-state index in [2.05, 4.69) is 40.7 Å². The van der Waals surface area contributed by atoms with Gasteiger partial charge in [0.25, 0.3) is 0 Å². The van der Waals surface area contributed by atoms with Crippen molar-refractivity contribution in [3.05, 3.63) is 11.6 Å². The molecule has 37 atom stereocenters. The van der Waals surface area contributed by atoms with Crippen molar-refractivity contribution in [3.63, 3.8) is 0 Å². The Kier molecular flexibility index (Phi) is 21.9. The lowest BCUT2D eigenvalue weighted by Gasteiger charge is -2.71. The van der Waals surface area contributed by atoms with E-state index >= 15 is 4.79 Å². The van der Waals surface area contributed by atoms with Crippen LogP contribution in [0.2, 0.25) is 0 Å². The molecule has 0 amide bonds. The van der Waals surface area contributed by atoms with E-state index < -0.39 is 233 Å². The predicted octanol–water partition coefficient (Wildman–Crippen LogP) is -5.11. The van der Waals surface area contributed by atoms with Crippen molar-refractivity contribution in [2.45, 2.75) is 291 Å². The molecule has 6 saturated heterocycles. The van der Waals surface area contributed by atoms with Crippen molar-refractivity contribution in [1.29, 1.82) is 0 Å². The standard InChI is InChI=1S/C64H104O31/c1-25-36(70)50(93-55-47(81)43(77)49(31(21-67)89-55)92-54-46(80)42(76)39(73)30(20-66)88-54)48(82)56(86-25)94-51-37(71)28(69)22-84-57(51)91-35-11-12-60(4)33(61(35,5)24-68)10-13-63(7)34(60)9-8-26-27-18-59(2,3)14-16-64(27,17-15-62(26,63)6)58(83)95-52-44(78)40(74)32(23-85-52)90-53-45(79)41(75)38(72)29(19-65)87-53/h8,25,27-57,65-82H,9-24H2,1-7H3/t25-,27-,28+,29+,30+,31+,32+,33+,34+,35-,36-,37-,38+,39+,40-,41-,42-,43+,44+,45+,46+,47+,48+,49+,50+,51+,52-,53-,54-,55-,56-,57-,60-,61-,62+,63+,64-/m0/s1. The van der Waals surface area contributed by atoms with Gasteiger partial charge < -0.3 is 149 Å². The van der Waals surface area contributed by atoms with Crippen LogP contribution in [-0.2, 0) is 61.6 Å². The monoisotopic (exact) mass is 1370 g/mol. The van der Waals surface area contributed by atoms with Gasteiger partial charge in [-0.05, 0) is 111 Å². The van der Waals surface area contributed by atoms with Crippen LogP contribution in [-0.4, -0.2) is 316 Å². The Morgan fingerprint density at radius 3 is 1.66 bits per heavy atom. The highest BCUT2D eigenvalue weighted by Gasteiger charge is 2.71. The number of aliphatic hydroxyl groups excluding tert-OH is 18. The maximum Gasteiger partial charge on any atom is 0.315 e. The van der Waals surface area contributed by atoms with Gasteiger partial charge in [0.2, 0.25) is 6.29 Å². The van der Waals surface area contributed by atoms with Crippen molar-refractivity contribution >= 4 is 5.97 Å². The molecule has 95 heavy (non-hydrogen) atoms. The molecule has 10 fully saturated rings. The molecule has 11 aliphatic rings. The molecule has 0 unspecified atom stereocenters. The second-order valence-electron chi connectivity index (χ2n) is 30.8. The number of hydrogen-bond acceptors (Lipinski definition) is 31. The topological polar surface area (TPSA) is 492 Å². The highest BCUT2D eigenvalue weighted by Crippen LogP contribution is 2.76. The molecule has 31 heteroatoms. The van der Waals surface area contributed by atoms with Crippen molar-refractivity contribution < 1.29 is 154 Å². The fraction of sp³-hybridized carbons (Fsp3) is 0.953. The van der Waals surface area contributed by atoms with E-state index in [9.17, 15) is 91.9 Å². The van der Waals surface area contributed by atoms with E-state index in [4.69, 9.17) is 56.8 Å². The zero-order valence-corrected chi connectivity index (χ0v) is 54.7. The maximum absolute atomic E-state index is 15.1. The third kappa shape index (κ3) is 12.7. The summed E-state index contributed by atoms with van der Waals surface area (Å²) in [5.74, 6) is -0.870. The molecule has 0 bridgehead atoms. The molecular weight excluding hydrogens is 1260 g/mol. The highest BCUT2D eigenvalue weighted by molar-refractivity contribution is 5.79. The van der Waals surface area contributed by atoms with E-state index in [0.717, 1.165) is 6.42 Å². The zero-order chi connectivity index (χ0) is 69.1. The Labute approximate surface area is 550 Å². The number of carbonyl (C=O) groups excluding carboxylic acids is 1. The molecule has 4 saturated carbocycles. The van der Waals surface area contributed by atoms with Crippen LogP contribution in [0, 0.1) is 50.2 Å². The van der Waals surface area contributed by atoms with E-state index in [-0.39, 0.29) is 40.6 Å². The second kappa shape index (κ2) is 28.0. The second-order valence-corrected chi connectivity index (χ2v) is 30.8. The van der Waals surface area contributed by atoms with Crippen molar-refractivity contribution in [3.8, 4) is 0 Å². The Hall–Kier alpha value is -1.95. The predicted molar refractivity (Wildman–Crippen MR) is 316 cm³/mol. The first-order valence-electron chi connectivity index (χ1n) is 33.7. The average molecular weight is 1370 g/mol. The summed E-state index contributed by atoms with van der Waals surface area (Å²) in [6.45, 7) is 11.2.